The van der Waals surface area contributed by atoms with Crippen LogP contribution in [0.2, 0.25) is 20.1 Å². The molecule has 0 heterocycles. The van der Waals surface area contributed by atoms with Crippen molar-refractivity contribution >= 4 is 69.6 Å². The van der Waals surface area contributed by atoms with Gasteiger partial charge < -0.3 is 20.1 Å². The largest absolute Gasteiger partial charge is 0.482 e. The maximum absolute atomic E-state index is 12.4. The van der Waals surface area contributed by atoms with Crippen molar-refractivity contribution in [3.63, 3.8) is 0 Å². The van der Waals surface area contributed by atoms with E-state index in [1.807, 2.05) is 50.2 Å². The maximum atomic E-state index is 12.4. The van der Waals surface area contributed by atoms with E-state index >= 15 is 0 Å². The molecule has 0 spiro atoms. The van der Waals surface area contributed by atoms with Crippen LogP contribution in [0.1, 0.15) is 11.1 Å². The van der Waals surface area contributed by atoms with Gasteiger partial charge in [0.05, 0.1) is 10.0 Å². The number of nitrogens with one attached hydrogen (secondary N) is 2. The molecule has 0 unspecified atom stereocenters. The highest BCUT2D eigenvalue weighted by molar-refractivity contribution is 6.36. The van der Waals surface area contributed by atoms with Crippen LogP contribution in [0.25, 0.3) is 11.1 Å². The van der Waals surface area contributed by atoms with Crippen molar-refractivity contribution in [2.75, 3.05) is 23.8 Å². The molecule has 10 heteroatoms. The van der Waals surface area contributed by atoms with Gasteiger partial charge in [-0.3, -0.25) is 9.59 Å². The molecule has 0 aliphatic carbocycles. The van der Waals surface area contributed by atoms with Gasteiger partial charge in [0.1, 0.15) is 11.5 Å². The molecule has 0 saturated carbocycles. The number of carbonyl (C=O) groups is 2. The summed E-state index contributed by atoms with van der Waals surface area (Å²) in [5, 5.41) is 7.34. The summed E-state index contributed by atoms with van der Waals surface area (Å²) in [7, 11) is 0. The average molecular weight is 618 g/mol. The van der Waals surface area contributed by atoms with E-state index < -0.39 is 0 Å². The molecule has 0 bridgehead atoms. The quantitative estimate of drug-likeness (QED) is 0.197. The summed E-state index contributed by atoms with van der Waals surface area (Å²) < 4.78 is 11.0. The monoisotopic (exact) mass is 616 g/mol. The lowest BCUT2D eigenvalue weighted by atomic mass is 10.00. The molecule has 4 aromatic carbocycles. The second-order valence-corrected chi connectivity index (χ2v) is 10.6. The molecule has 0 aromatic heterocycles. The Morgan fingerprint density at radius 2 is 1.00 bits per heavy atom. The number of amides is 2. The summed E-state index contributed by atoms with van der Waals surface area (Å²) >= 11 is 24.0. The summed E-state index contributed by atoms with van der Waals surface area (Å²) in [6.07, 6.45) is 0. The zero-order valence-electron chi connectivity index (χ0n) is 21.5. The maximum Gasteiger partial charge on any atom is 0.262 e. The van der Waals surface area contributed by atoms with Gasteiger partial charge in [-0.15, -0.1) is 0 Å². The van der Waals surface area contributed by atoms with Crippen molar-refractivity contribution < 1.29 is 19.1 Å². The fraction of sp³-hybridized carbons (Fsp3) is 0.133. The highest BCUT2D eigenvalue weighted by Crippen LogP contribution is 2.30. The Morgan fingerprint density at radius 3 is 1.35 bits per heavy atom. The SMILES string of the molecule is Cc1cc(-c2ccc(NC(=O)COc3ccc(Cl)cc3Cl)c(C)c2)ccc1NC(=O)COc1ccc(Cl)cc1Cl. The fourth-order valence-corrected chi connectivity index (χ4v) is 4.74. The number of aryl methyl sites for hydroxylation is 2. The molecule has 40 heavy (non-hydrogen) atoms. The molecule has 0 radical (unpaired) electrons. The molecule has 0 atom stereocenters. The Bertz CT molecular complexity index is 1460. The molecule has 206 valence electrons. The Hall–Kier alpha value is -3.42. The minimum Gasteiger partial charge on any atom is -0.482 e. The first-order chi connectivity index (χ1) is 19.1. The van der Waals surface area contributed by atoms with E-state index in [2.05, 4.69) is 10.6 Å². The topological polar surface area (TPSA) is 76.7 Å². The molecule has 0 aliphatic heterocycles. The Morgan fingerprint density at radius 1 is 0.600 bits per heavy atom. The second kappa shape index (κ2) is 13.3. The first kappa shape index (κ1) is 29.6. The summed E-state index contributed by atoms with van der Waals surface area (Å²) in [6.45, 7) is 3.41. The van der Waals surface area contributed by atoms with Gasteiger partial charge in [0.25, 0.3) is 11.8 Å². The third kappa shape index (κ3) is 7.83. The Balaban J connectivity index is 1.34. The van der Waals surface area contributed by atoms with Crippen LogP contribution in [0.15, 0.2) is 72.8 Å². The van der Waals surface area contributed by atoms with Crippen LogP contribution < -0.4 is 20.1 Å². The Labute approximate surface area is 252 Å². The molecule has 0 fully saturated rings. The number of benzene rings is 4. The fourth-order valence-electron chi connectivity index (χ4n) is 3.81. The summed E-state index contributed by atoms with van der Waals surface area (Å²) in [4.78, 5) is 24.9. The average Bonchev–Trinajstić information content (AvgIpc) is 2.90. The molecule has 6 nitrogen and oxygen atoms in total. The lowest BCUT2D eigenvalue weighted by molar-refractivity contribution is -0.118. The number of hydrogen-bond donors (Lipinski definition) is 2. The normalized spacial score (nSPS) is 10.7. The summed E-state index contributed by atoms with van der Waals surface area (Å²) in [5.41, 5.74) is 5.01. The van der Waals surface area contributed by atoms with Gasteiger partial charge in [0.2, 0.25) is 0 Å². The van der Waals surface area contributed by atoms with Crippen LogP contribution in [0.4, 0.5) is 11.4 Å². The minimum absolute atomic E-state index is 0.202. The lowest BCUT2D eigenvalue weighted by Crippen LogP contribution is -2.20. The lowest BCUT2D eigenvalue weighted by Gasteiger charge is -2.14. The minimum atomic E-state index is -0.319. The van der Waals surface area contributed by atoms with E-state index in [0.717, 1.165) is 22.3 Å². The predicted octanol–water partition coefficient (Wildman–Crippen LogP) is 8.62. The van der Waals surface area contributed by atoms with Gasteiger partial charge in [0, 0.05) is 21.4 Å². The van der Waals surface area contributed by atoms with E-state index in [4.69, 9.17) is 55.9 Å². The molecule has 2 N–H and O–H groups in total. The third-order valence-electron chi connectivity index (χ3n) is 5.84. The van der Waals surface area contributed by atoms with Crippen molar-refractivity contribution in [2.45, 2.75) is 13.8 Å². The predicted molar refractivity (Wildman–Crippen MR) is 163 cm³/mol. The number of ether oxygens (including phenoxy) is 2. The van der Waals surface area contributed by atoms with E-state index in [1.54, 1.807) is 36.4 Å². The van der Waals surface area contributed by atoms with Crippen molar-refractivity contribution in [3.05, 3.63) is 104 Å². The van der Waals surface area contributed by atoms with Crippen molar-refractivity contribution in [1.29, 1.82) is 0 Å². The van der Waals surface area contributed by atoms with Gasteiger partial charge >= 0.3 is 0 Å². The van der Waals surface area contributed by atoms with Crippen LogP contribution in [-0.4, -0.2) is 25.0 Å². The van der Waals surface area contributed by atoms with Crippen LogP contribution >= 0.6 is 46.4 Å². The van der Waals surface area contributed by atoms with E-state index in [0.29, 0.717) is 43.0 Å². The molecule has 4 rings (SSSR count). The van der Waals surface area contributed by atoms with E-state index in [-0.39, 0.29) is 25.0 Å². The van der Waals surface area contributed by atoms with Crippen LogP contribution in [-0.2, 0) is 9.59 Å². The van der Waals surface area contributed by atoms with Gasteiger partial charge in [-0.25, -0.2) is 0 Å². The van der Waals surface area contributed by atoms with Crippen LogP contribution in [0, 0.1) is 13.8 Å². The van der Waals surface area contributed by atoms with Crippen molar-refractivity contribution in [3.8, 4) is 22.6 Å². The first-order valence-electron chi connectivity index (χ1n) is 12.1. The standard InChI is InChI=1S/C30H24Cl4N2O4/c1-17-11-19(3-7-25(17)35-29(37)15-39-27-9-5-21(31)13-23(27)33)20-4-8-26(18(2)12-20)36-30(38)16-40-28-10-6-22(32)14-24(28)34/h3-14H,15-16H2,1-2H3,(H,35,37)(H,36,38). The van der Waals surface area contributed by atoms with E-state index in [1.165, 1.54) is 0 Å². The van der Waals surface area contributed by atoms with Gasteiger partial charge in [-0.05, 0) is 96.8 Å². The number of carbonyl (C=O) groups excluding carboxylic acids is 2. The van der Waals surface area contributed by atoms with Gasteiger partial charge in [-0.2, -0.15) is 0 Å². The first-order valence-corrected chi connectivity index (χ1v) is 13.6. The van der Waals surface area contributed by atoms with Crippen molar-refractivity contribution in [1.82, 2.24) is 0 Å². The van der Waals surface area contributed by atoms with Gasteiger partial charge in [-0.1, -0.05) is 58.5 Å². The molecule has 4 aromatic rings. The molecule has 2 amide bonds. The van der Waals surface area contributed by atoms with E-state index in [9.17, 15) is 9.59 Å². The molecule has 0 aliphatic rings. The second-order valence-electron chi connectivity index (χ2n) is 8.88. The highest BCUT2D eigenvalue weighted by atomic mass is 35.5. The third-order valence-corrected chi connectivity index (χ3v) is 6.90. The summed E-state index contributed by atoms with van der Waals surface area (Å²) in [6, 6.07) is 21.1. The number of rotatable bonds is 9. The van der Waals surface area contributed by atoms with Gasteiger partial charge in [0.15, 0.2) is 13.2 Å². The molecule has 0 saturated heterocycles. The molecular weight excluding hydrogens is 594 g/mol. The zero-order valence-corrected chi connectivity index (χ0v) is 24.5. The smallest absolute Gasteiger partial charge is 0.262 e. The van der Waals surface area contributed by atoms with Crippen LogP contribution in [0.5, 0.6) is 11.5 Å². The summed E-state index contributed by atoms with van der Waals surface area (Å²) in [5.74, 6) is 0.115. The zero-order chi connectivity index (χ0) is 28.8. The Kier molecular flexibility index (Phi) is 9.82. The number of halogens is 4. The number of hydrogen-bond acceptors (Lipinski definition) is 4. The number of anilines is 2. The highest BCUT2D eigenvalue weighted by Gasteiger charge is 2.12. The van der Waals surface area contributed by atoms with Crippen LogP contribution in [0.3, 0.4) is 0 Å². The molecular formula is C30H24Cl4N2O4. The van der Waals surface area contributed by atoms with Crippen molar-refractivity contribution in [2.24, 2.45) is 0 Å².